The Morgan fingerprint density at radius 1 is 1.06 bits per heavy atom. The van der Waals surface area contributed by atoms with Crippen molar-refractivity contribution in [1.82, 2.24) is 4.90 Å². The van der Waals surface area contributed by atoms with Gasteiger partial charge in [0.2, 0.25) is 0 Å². The zero-order valence-corrected chi connectivity index (χ0v) is 19.5. The Hall–Kier alpha value is -3.10. The van der Waals surface area contributed by atoms with Crippen LogP contribution >= 0.6 is 11.3 Å². The van der Waals surface area contributed by atoms with Gasteiger partial charge in [-0.25, -0.2) is 4.79 Å². The lowest BCUT2D eigenvalue weighted by Crippen LogP contribution is -2.22. The third-order valence-electron chi connectivity index (χ3n) is 5.26. The summed E-state index contributed by atoms with van der Waals surface area (Å²) in [5.41, 5.74) is 1.44. The third-order valence-corrected chi connectivity index (χ3v) is 6.39. The Balaban J connectivity index is 2.02. The van der Waals surface area contributed by atoms with E-state index in [2.05, 4.69) is 24.1 Å². The molecule has 8 heteroatoms. The molecule has 0 aliphatic rings. The Morgan fingerprint density at radius 3 is 2.34 bits per heavy atom. The highest BCUT2D eigenvalue weighted by atomic mass is 32.1. The molecule has 3 rings (SSSR count). The number of phenolic OH excluding ortho intramolecular Hbond substituents is 1. The van der Waals surface area contributed by atoms with Crippen molar-refractivity contribution in [2.24, 2.45) is 0 Å². The molecule has 1 aromatic heterocycles. The number of amides is 1. The number of thiophene rings is 1. The molecule has 0 unspecified atom stereocenters. The first-order valence-corrected chi connectivity index (χ1v) is 11.4. The van der Waals surface area contributed by atoms with Gasteiger partial charge in [-0.3, -0.25) is 9.69 Å². The van der Waals surface area contributed by atoms with E-state index in [4.69, 9.17) is 9.47 Å². The van der Waals surface area contributed by atoms with Gasteiger partial charge in [0.1, 0.15) is 22.1 Å². The number of hydrogen-bond acceptors (Lipinski definition) is 7. The zero-order valence-electron chi connectivity index (χ0n) is 18.7. The summed E-state index contributed by atoms with van der Waals surface area (Å²) in [4.78, 5) is 27.8. The molecule has 0 bridgehead atoms. The van der Waals surface area contributed by atoms with Crippen LogP contribution in [-0.4, -0.2) is 48.7 Å². The summed E-state index contributed by atoms with van der Waals surface area (Å²) in [6, 6.07) is 10.3. The van der Waals surface area contributed by atoms with E-state index in [1.165, 1.54) is 11.3 Å². The molecule has 0 fully saturated rings. The topological polar surface area (TPSA) is 88.1 Å². The van der Waals surface area contributed by atoms with Crippen LogP contribution in [0.15, 0.2) is 36.4 Å². The molecule has 0 saturated heterocycles. The van der Waals surface area contributed by atoms with Crippen molar-refractivity contribution in [2.75, 3.05) is 32.1 Å². The van der Waals surface area contributed by atoms with Crippen molar-refractivity contribution in [3.8, 4) is 11.5 Å². The van der Waals surface area contributed by atoms with Gasteiger partial charge in [0.05, 0.1) is 18.4 Å². The number of carbonyl (C=O) groups is 2. The fourth-order valence-corrected chi connectivity index (χ4v) is 4.57. The van der Waals surface area contributed by atoms with Gasteiger partial charge in [-0.15, -0.1) is 11.3 Å². The fraction of sp³-hybridized carbons (Fsp3) is 0.333. The lowest BCUT2D eigenvalue weighted by atomic mass is 10.1. The van der Waals surface area contributed by atoms with Crippen molar-refractivity contribution in [3.63, 3.8) is 0 Å². The predicted octanol–water partition coefficient (Wildman–Crippen LogP) is 4.89. The van der Waals surface area contributed by atoms with E-state index in [9.17, 15) is 14.7 Å². The molecule has 1 amide bonds. The molecule has 2 N–H and O–H groups in total. The number of phenols is 1. The van der Waals surface area contributed by atoms with Crippen LogP contribution in [0, 0.1) is 0 Å². The van der Waals surface area contributed by atoms with Gasteiger partial charge >= 0.3 is 5.97 Å². The molecule has 0 saturated carbocycles. The molecule has 0 spiro atoms. The van der Waals surface area contributed by atoms with Gasteiger partial charge < -0.3 is 19.9 Å². The molecule has 1 heterocycles. The number of carbonyl (C=O) groups excluding carboxylic acids is 2. The van der Waals surface area contributed by atoms with Crippen LogP contribution in [-0.2, 0) is 11.3 Å². The minimum absolute atomic E-state index is 0.120. The second-order valence-electron chi connectivity index (χ2n) is 7.12. The molecule has 0 aliphatic carbocycles. The van der Waals surface area contributed by atoms with Crippen molar-refractivity contribution < 1.29 is 24.2 Å². The van der Waals surface area contributed by atoms with Crippen LogP contribution < -0.4 is 10.1 Å². The quantitative estimate of drug-likeness (QED) is 0.446. The second kappa shape index (κ2) is 10.5. The molecule has 0 atom stereocenters. The maximum Gasteiger partial charge on any atom is 0.341 e. The first kappa shape index (κ1) is 23.6. The maximum atomic E-state index is 12.8. The smallest absolute Gasteiger partial charge is 0.341 e. The van der Waals surface area contributed by atoms with Gasteiger partial charge in [0.25, 0.3) is 5.91 Å². The highest BCUT2D eigenvalue weighted by molar-refractivity contribution is 7.24. The van der Waals surface area contributed by atoms with Crippen LogP contribution in [0.4, 0.5) is 5.00 Å². The number of nitrogens with zero attached hydrogens (tertiary/aromatic N) is 1. The molecule has 0 aliphatic heterocycles. The van der Waals surface area contributed by atoms with E-state index in [-0.39, 0.29) is 23.8 Å². The Labute approximate surface area is 191 Å². The Kier molecular flexibility index (Phi) is 7.71. The van der Waals surface area contributed by atoms with Crippen molar-refractivity contribution in [3.05, 3.63) is 53.1 Å². The Morgan fingerprint density at radius 2 is 1.75 bits per heavy atom. The monoisotopic (exact) mass is 456 g/mol. The van der Waals surface area contributed by atoms with Crippen LogP contribution in [0.25, 0.3) is 10.1 Å². The highest BCUT2D eigenvalue weighted by Gasteiger charge is 2.25. The standard InChI is InChI=1S/C24H28N2O5S/c1-5-26(6-2)14-16-10-13-18-19(24(29)31-7-3)23(32-21(18)20(16)27)25-22(28)15-8-11-17(30-4)12-9-15/h8-13,27H,5-7,14H2,1-4H3,(H,25,28). The minimum Gasteiger partial charge on any atom is -0.506 e. The van der Waals surface area contributed by atoms with Gasteiger partial charge in [-0.1, -0.05) is 26.0 Å². The van der Waals surface area contributed by atoms with Gasteiger partial charge in [0, 0.05) is 23.1 Å². The van der Waals surface area contributed by atoms with Gasteiger partial charge in [-0.2, -0.15) is 0 Å². The number of fused-ring (bicyclic) bond motifs is 1. The van der Waals surface area contributed by atoms with E-state index >= 15 is 0 Å². The molecule has 7 nitrogen and oxygen atoms in total. The normalized spacial score (nSPS) is 11.0. The summed E-state index contributed by atoms with van der Waals surface area (Å²) < 4.78 is 10.9. The van der Waals surface area contributed by atoms with E-state index in [1.807, 2.05) is 6.07 Å². The summed E-state index contributed by atoms with van der Waals surface area (Å²) in [5, 5.41) is 14.7. The third kappa shape index (κ3) is 4.87. The largest absolute Gasteiger partial charge is 0.506 e. The number of aromatic hydroxyl groups is 1. The number of esters is 1. The van der Waals surface area contributed by atoms with Crippen molar-refractivity contribution >= 4 is 38.3 Å². The first-order valence-electron chi connectivity index (χ1n) is 10.6. The molecular formula is C24H28N2O5S. The van der Waals surface area contributed by atoms with Gasteiger partial charge in [-0.05, 0) is 44.3 Å². The minimum atomic E-state index is -0.542. The molecule has 0 radical (unpaired) electrons. The highest BCUT2D eigenvalue weighted by Crippen LogP contribution is 2.43. The lowest BCUT2D eigenvalue weighted by Gasteiger charge is -2.18. The van der Waals surface area contributed by atoms with Crippen LogP contribution in [0.1, 0.15) is 47.1 Å². The predicted molar refractivity (Wildman–Crippen MR) is 127 cm³/mol. The van der Waals surface area contributed by atoms with Crippen LogP contribution in [0.2, 0.25) is 0 Å². The number of anilines is 1. The van der Waals surface area contributed by atoms with E-state index in [0.29, 0.717) is 32.9 Å². The molecule has 170 valence electrons. The average molecular weight is 457 g/mol. The van der Waals surface area contributed by atoms with Crippen molar-refractivity contribution in [1.29, 1.82) is 0 Å². The number of benzene rings is 2. The molecule has 3 aromatic rings. The Bertz CT molecular complexity index is 1100. The number of methoxy groups -OCH3 is 1. The maximum absolute atomic E-state index is 12.8. The lowest BCUT2D eigenvalue weighted by molar-refractivity contribution is 0.0530. The summed E-state index contributed by atoms with van der Waals surface area (Å²) in [6.45, 7) is 8.36. The average Bonchev–Trinajstić information content (AvgIpc) is 3.17. The van der Waals surface area contributed by atoms with Crippen LogP contribution in [0.5, 0.6) is 11.5 Å². The number of ether oxygens (including phenoxy) is 2. The summed E-state index contributed by atoms with van der Waals surface area (Å²) >= 11 is 1.17. The van der Waals surface area contributed by atoms with Crippen molar-refractivity contribution in [2.45, 2.75) is 27.3 Å². The number of hydrogen-bond donors (Lipinski definition) is 2. The SMILES string of the molecule is CCOC(=O)c1c(NC(=O)c2ccc(OC)cc2)sc2c(O)c(CN(CC)CC)ccc12. The van der Waals surface area contributed by atoms with Crippen LogP contribution in [0.3, 0.4) is 0 Å². The second-order valence-corrected chi connectivity index (χ2v) is 8.14. The summed E-state index contributed by atoms with van der Waals surface area (Å²) in [7, 11) is 1.55. The fourth-order valence-electron chi connectivity index (χ4n) is 3.41. The summed E-state index contributed by atoms with van der Waals surface area (Å²) in [5.74, 6) is -0.150. The zero-order chi connectivity index (χ0) is 23.3. The number of nitrogens with one attached hydrogen (secondary N) is 1. The molecule has 2 aromatic carbocycles. The van der Waals surface area contributed by atoms with Gasteiger partial charge in [0.15, 0.2) is 0 Å². The first-order chi connectivity index (χ1) is 15.4. The molecular weight excluding hydrogens is 428 g/mol. The van der Waals surface area contributed by atoms with E-state index in [0.717, 1.165) is 18.7 Å². The number of rotatable bonds is 9. The molecule has 32 heavy (non-hydrogen) atoms. The van der Waals surface area contributed by atoms with E-state index < -0.39 is 5.97 Å². The summed E-state index contributed by atoms with van der Waals surface area (Å²) in [6.07, 6.45) is 0. The van der Waals surface area contributed by atoms with E-state index in [1.54, 1.807) is 44.4 Å².